The fourth-order valence-corrected chi connectivity index (χ4v) is 2.11. The molecule has 119 valence electrons. The van der Waals surface area contributed by atoms with Crippen LogP contribution in [0.4, 0.5) is 4.79 Å². The van der Waals surface area contributed by atoms with Gasteiger partial charge in [0.15, 0.2) is 0 Å². The highest BCUT2D eigenvalue weighted by Crippen LogP contribution is 2.22. The van der Waals surface area contributed by atoms with E-state index in [-0.39, 0.29) is 6.03 Å². The van der Waals surface area contributed by atoms with Gasteiger partial charge in [-0.1, -0.05) is 0 Å². The Bertz CT molecular complexity index is 711. The average Bonchev–Trinajstić information content (AvgIpc) is 3.23. The molecule has 7 nitrogen and oxygen atoms in total. The summed E-state index contributed by atoms with van der Waals surface area (Å²) in [5, 5.41) is 8.02. The lowest BCUT2D eigenvalue weighted by Crippen LogP contribution is -2.37. The van der Waals surface area contributed by atoms with Crippen molar-refractivity contribution in [2.75, 3.05) is 19.8 Å². The van der Waals surface area contributed by atoms with Crippen molar-refractivity contribution in [1.29, 1.82) is 0 Å². The van der Waals surface area contributed by atoms with Crippen molar-refractivity contribution < 1.29 is 14.4 Å². The average molecular weight is 313 g/mol. The Labute approximate surface area is 134 Å². The third kappa shape index (κ3) is 3.89. The van der Waals surface area contributed by atoms with E-state index >= 15 is 0 Å². The second kappa shape index (κ2) is 6.97. The Morgan fingerprint density at radius 2 is 2.39 bits per heavy atom. The van der Waals surface area contributed by atoms with Gasteiger partial charge in [0.1, 0.15) is 12.4 Å². The van der Waals surface area contributed by atoms with Crippen molar-refractivity contribution in [3.8, 4) is 16.9 Å². The SMILES string of the molecule is Cn1cc(-c2c[c]cc(OCCNC(=O)N3C=CCO3)c2)cn1. The van der Waals surface area contributed by atoms with Gasteiger partial charge in [0.05, 0.1) is 19.3 Å². The van der Waals surface area contributed by atoms with Gasteiger partial charge in [0, 0.05) is 25.0 Å². The zero-order valence-corrected chi connectivity index (χ0v) is 12.7. The summed E-state index contributed by atoms with van der Waals surface area (Å²) in [5.41, 5.74) is 1.98. The lowest BCUT2D eigenvalue weighted by Gasteiger charge is -2.13. The first-order valence-corrected chi connectivity index (χ1v) is 7.22. The monoisotopic (exact) mass is 313 g/mol. The maximum Gasteiger partial charge on any atom is 0.345 e. The molecular weight excluding hydrogens is 296 g/mol. The number of aromatic nitrogens is 2. The van der Waals surface area contributed by atoms with Gasteiger partial charge in [-0.3, -0.25) is 9.52 Å². The molecule has 0 saturated heterocycles. The van der Waals surface area contributed by atoms with Crippen LogP contribution in [-0.4, -0.2) is 40.6 Å². The first-order valence-electron chi connectivity index (χ1n) is 7.22. The summed E-state index contributed by atoms with van der Waals surface area (Å²) >= 11 is 0. The van der Waals surface area contributed by atoms with Crippen LogP contribution >= 0.6 is 0 Å². The number of amides is 2. The van der Waals surface area contributed by atoms with Crippen molar-refractivity contribution >= 4 is 6.03 Å². The number of benzene rings is 1. The van der Waals surface area contributed by atoms with Crippen molar-refractivity contribution in [3.63, 3.8) is 0 Å². The van der Waals surface area contributed by atoms with Crippen molar-refractivity contribution in [2.24, 2.45) is 7.05 Å². The van der Waals surface area contributed by atoms with E-state index in [9.17, 15) is 4.79 Å². The molecule has 0 bridgehead atoms. The Morgan fingerprint density at radius 1 is 1.48 bits per heavy atom. The Morgan fingerprint density at radius 3 is 3.13 bits per heavy atom. The van der Waals surface area contributed by atoms with Gasteiger partial charge in [-0.05, 0) is 35.9 Å². The Hall–Kier alpha value is -2.80. The van der Waals surface area contributed by atoms with Gasteiger partial charge >= 0.3 is 6.03 Å². The number of carbonyl (C=O) groups is 1. The van der Waals surface area contributed by atoms with Crippen LogP contribution in [0.5, 0.6) is 5.75 Å². The molecule has 2 aromatic rings. The number of rotatable bonds is 5. The molecule has 1 aromatic heterocycles. The Kier molecular flexibility index (Phi) is 4.58. The van der Waals surface area contributed by atoms with E-state index in [0.717, 1.165) is 16.2 Å². The van der Waals surface area contributed by atoms with Gasteiger partial charge in [-0.2, -0.15) is 10.2 Å². The van der Waals surface area contributed by atoms with Crippen LogP contribution in [0.3, 0.4) is 0 Å². The van der Waals surface area contributed by atoms with Crippen LogP contribution in [0.1, 0.15) is 0 Å². The molecular formula is C16H17N4O3. The topological polar surface area (TPSA) is 68.6 Å². The van der Waals surface area contributed by atoms with E-state index < -0.39 is 0 Å². The largest absolute Gasteiger partial charge is 0.492 e. The molecule has 1 radical (unpaired) electrons. The number of urea groups is 1. The molecule has 1 aromatic carbocycles. The normalized spacial score (nSPS) is 13.3. The smallest absolute Gasteiger partial charge is 0.345 e. The maximum absolute atomic E-state index is 11.7. The quantitative estimate of drug-likeness (QED) is 0.854. The zero-order valence-electron chi connectivity index (χ0n) is 12.7. The van der Waals surface area contributed by atoms with Gasteiger partial charge in [0.2, 0.25) is 0 Å². The molecule has 0 atom stereocenters. The first kappa shape index (κ1) is 15.1. The minimum atomic E-state index is -0.307. The highest BCUT2D eigenvalue weighted by atomic mass is 16.7. The predicted octanol–water partition coefficient (Wildman–Crippen LogP) is 1.74. The van der Waals surface area contributed by atoms with Gasteiger partial charge in [-0.25, -0.2) is 4.79 Å². The number of nitrogens with one attached hydrogen (secondary N) is 1. The van der Waals surface area contributed by atoms with Crippen LogP contribution in [0.2, 0.25) is 0 Å². The molecule has 0 aliphatic carbocycles. The van der Waals surface area contributed by atoms with Crippen LogP contribution < -0.4 is 10.1 Å². The summed E-state index contributed by atoms with van der Waals surface area (Å²) in [6.45, 7) is 1.15. The predicted molar refractivity (Wildman–Crippen MR) is 83.3 cm³/mol. The van der Waals surface area contributed by atoms with E-state index in [1.165, 1.54) is 0 Å². The van der Waals surface area contributed by atoms with E-state index in [4.69, 9.17) is 9.57 Å². The molecule has 0 fully saturated rings. The highest BCUT2D eigenvalue weighted by Gasteiger charge is 2.13. The number of aryl methyl sites for hydroxylation is 1. The van der Waals surface area contributed by atoms with Crippen LogP contribution in [0.15, 0.2) is 42.9 Å². The minimum absolute atomic E-state index is 0.307. The fourth-order valence-electron chi connectivity index (χ4n) is 2.11. The van der Waals surface area contributed by atoms with Gasteiger partial charge in [0.25, 0.3) is 0 Å². The standard InChI is InChI=1S/C16H17N4O3/c1-19-12-14(11-18-19)13-4-2-5-15(10-13)22-9-6-17-16(21)20-7-3-8-23-20/h3-5,7,10-12H,6,8-9H2,1H3,(H,17,21). The molecule has 0 spiro atoms. The first-order chi connectivity index (χ1) is 11.2. The second-order valence-corrected chi connectivity index (χ2v) is 4.95. The number of nitrogens with zero attached hydrogens (tertiary/aromatic N) is 3. The highest BCUT2D eigenvalue weighted by molar-refractivity contribution is 5.74. The molecule has 23 heavy (non-hydrogen) atoms. The molecule has 1 aliphatic heterocycles. The number of hydrogen-bond donors (Lipinski definition) is 1. The van der Waals surface area contributed by atoms with Crippen LogP contribution in [0, 0.1) is 6.07 Å². The lowest BCUT2D eigenvalue weighted by molar-refractivity contribution is -0.0488. The van der Waals surface area contributed by atoms with Crippen molar-refractivity contribution in [3.05, 3.63) is 48.9 Å². The molecule has 1 N–H and O–H groups in total. The summed E-state index contributed by atoms with van der Waals surface area (Å²) < 4.78 is 7.38. The van der Waals surface area contributed by atoms with Crippen LogP contribution in [-0.2, 0) is 11.9 Å². The second-order valence-electron chi connectivity index (χ2n) is 4.95. The summed E-state index contributed by atoms with van der Waals surface area (Å²) in [5.74, 6) is 0.693. The van der Waals surface area contributed by atoms with E-state index in [0.29, 0.717) is 25.5 Å². The summed E-state index contributed by atoms with van der Waals surface area (Å²) in [6, 6.07) is 8.29. The van der Waals surface area contributed by atoms with Crippen molar-refractivity contribution in [2.45, 2.75) is 0 Å². The zero-order chi connectivity index (χ0) is 16.1. The lowest BCUT2D eigenvalue weighted by atomic mass is 10.1. The number of hydrogen-bond acceptors (Lipinski definition) is 4. The number of ether oxygens (including phenoxy) is 1. The summed E-state index contributed by atoms with van der Waals surface area (Å²) in [6.07, 6.45) is 7.06. The molecule has 0 unspecified atom stereocenters. The molecule has 2 heterocycles. The molecule has 1 aliphatic rings. The minimum Gasteiger partial charge on any atom is -0.492 e. The molecule has 3 rings (SSSR count). The van der Waals surface area contributed by atoms with E-state index in [1.807, 2.05) is 25.4 Å². The van der Waals surface area contributed by atoms with Crippen LogP contribution in [0.25, 0.3) is 11.1 Å². The molecule has 7 heteroatoms. The molecule has 2 amide bonds. The fraction of sp³-hybridized carbons (Fsp3) is 0.250. The maximum atomic E-state index is 11.7. The van der Waals surface area contributed by atoms with Crippen molar-refractivity contribution in [1.82, 2.24) is 20.2 Å². The van der Waals surface area contributed by atoms with E-state index in [2.05, 4.69) is 16.5 Å². The summed E-state index contributed by atoms with van der Waals surface area (Å²) in [7, 11) is 1.87. The third-order valence-corrected chi connectivity index (χ3v) is 3.20. The summed E-state index contributed by atoms with van der Waals surface area (Å²) in [4.78, 5) is 16.7. The van der Waals surface area contributed by atoms with Gasteiger partial charge in [-0.15, -0.1) is 0 Å². The Balaban J connectivity index is 1.48. The molecule has 0 saturated carbocycles. The van der Waals surface area contributed by atoms with Gasteiger partial charge < -0.3 is 10.1 Å². The number of carbonyl (C=O) groups excluding carboxylic acids is 1. The van der Waals surface area contributed by atoms with E-state index in [1.54, 1.807) is 29.2 Å². The number of hydroxylamine groups is 2. The third-order valence-electron chi connectivity index (χ3n) is 3.20.